The Labute approximate surface area is 197 Å². The van der Waals surface area contributed by atoms with Crippen molar-refractivity contribution in [3.8, 4) is 0 Å². The predicted molar refractivity (Wildman–Crippen MR) is 122 cm³/mol. The van der Waals surface area contributed by atoms with Crippen LogP contribution in [-0.4, -0.2) is 38.1 Å². The molecule has 0 radical (unpaired) electrons. The highest BCUT2D eigenvalue weighted by Crippen LogP contribution is 2.55. The van der Waals surface area contributed by atoms with Crippen LogP contribution >= 0.6 is 23.2 Å². The summed E-state index contributed by atoms with van der Waals surface area (Å²) in [6.45, 7) is 5.16. The van der Waals surface area contributed by atoms with Gasteiger partial charge in [-0.25, -0.2) is 8.42 Å². The van der Waals surface area contributed by atoms with Crippen LogP contribution in [0, 0.1) is 10.8 Å². The molecule has 32 heavy (non-hydrogen) atoms. The second-order valence-corrected chi connectivity index (χ2v) is 12.5. The Hall–Kier alpha value is -1.74. The molecule has 1 aliphatic carbocycles. The highest BCUT2D eigenvalue weighted by molar-refractivity contribution is 7.89. The first-order chi connectivity index (χ1) is 15.0. The molecule has 0 aromatic heterocycles. The van der Waals surface area contributed by atoms with Crippen LogP contribution in [0.3, 0.4) is 0 Å². The van der Waals surface area contributed by atoms with Gasteiger partial charge in [0.25, 0.3) is 0 Å². The normalized spacial score (nSPS) is 24.6. The largest absolute Gasteiger partial charge is 0.342 e. The highest BCUT2D eigenvalue weighted by atomic mass is 35.5. The standard InChI is InChI=1S/C22H24Cl2N4O3S/c1-21(2)10-16-19(17(29)11-21)22(14-12-25-27-20(14)26-16)5-7-28(8-6-22)32(30,31)18-9-13(23)3-4-15(18)24/h3-4,9,26H,5-8,10-12H2,1-2H3. The molecule has 1 N–H and O–H groups in total. The Morgan fingerprint density at radius 1 is 1.12 bits per heavy atom. The fourth-order valence-corrected chi connectivity index (χ4v) is 7.72. The molecule has 0 amide bonds. The number of nitrogens with one attached hydrogen (secondary N) is 1. The summed E-state index contributed by atoms with van der Waals surface area (Å²) in [5.74, 6) is 0.861. The minimum Gasteiger partial charge on any atom is -0.342 e. The van der Waals surface area contributed by atoms with Gasteiger partial charge in [0.05, 0.1) is 11.6 Å². The number of hydrogen-bond donors (Lipinski definition) is 1. The zero-order valence-corrected chi connectivity index (χ0v) is 20.2. The van der Waals surface area contributed by atoms with Crippen LogP contribution in [0.2, 0.25) is 10.0 Å². The summed E-state index contributed by atoms with van der Waals surface area (Å²) in [4.78, 5) is 13.4. The fourth-order valence-electron chi connectivity index (χ4n) is 5.54. The average molecular weight is 495 g/mol. The lowest BCUT2D eigenvalue weighted by Crippen LogP contribution is -2.50. The highest BCUT2D eigenvalue weighted by Gasteiger charge is 2.53. The van der Waals surface area contributed by atoms with E-state index in [1.54, 1.807) is 6.07 Å². The van der Waals surface area contributed by atoms with E-state index >= 15 is 0 Å². The van der Waals surface area contributed by atoms with Crippen molar-refractivity contribution >= 4 is 39.0 Å². The molecule has 1 saturated heterocycles. The van der Waals surface area contributed by atoms with Crippen molar-refractivity contribution in [2.45, 2.75) is 44.4 Å². The molecule has 0 atom stereocenters. The minimum absolute atomic E-state index is 0.00842. The van der Waals surface area contributed by atoms with E-state index in [0.717, 1.165) is 29.1 Å². The van der Waals surface area contributed by atoms with Crippen molar-refractivity contribution in [2.75, 3.05) is 19.6 Å². The number of piperidine rings is 1. The van der Waals surface area contributed by atoms with Crippen molar-refractivity contribution in [1.29, 1.82) is 0 Å². The van der Waals surface area contributed by atoms with Crippen molar-refractivity contribution in [2.24, 2.45) is 21.1 Å². The van der Waals surface area contributed by atoms with Crippen LogP contribution in [0.15, 0.2) is 56.0 Å². The first kappa shape index (κ1) is 22.1. The number of carbonyl (C=O) groups is 1. The third-order valence-corrected chi connectivity index (χ3v) is 9.59. The average Bonchev–Trinajstić information content (AvgIpc) is 3.18. The second kappa shape index (κ2) is 7.38. The molecule has 1 aromatic carbocycles. The van der Waals surface area contributed by atoms with Crippen molar-refractivity contribution in [1.82, 2.24) is 9.62 Å². The maximum absolute atomic E-state index is 13.3. The van der Waals surface area contributed by atoms with Gasteiger partial charge in [0.2, 0.25) is 10.0 Å². The van der Waals surface area contributed by atoms with E-state index in [2.05, 4.69) is 29.4 Å². The maximum Gasteiger partial charge on any atom is 0.244 e. The lowest BCUT2D eigenvalue weighted by molar-refractivity contribution is -0.119. The zero-order valence-electron chi connectivity index (χ0n) is 17.9. The SMILES string of the molecule is CC1(C)CC(=O)C2=C(C1)NC1=C(CN=N1)C21CCN(S(=O)(=O)c2cc(Cl)ccc2Cl)CC1. The first-order valence-corrected chi connectivity index (χ1v) is 12.8. The molecule has 4 aliphatic rings. The molecule has 10 heteroatoms. The number of carbonyl (C=O) groups excluding carboxylic acids is 1. The number of rotatable bonds is 2. The summed E-state index contributed by atoms with van der Waals surface area (Å²) in [6.07, 6.45) is 2.23. The molecule has 0 bridgehead atoms. The minimum atomic E-state index is -3.82. The van der Waals surface area contributed by atoms with E-state index in [1.807, 2.05) is 0 Å². The van der Waals surface area contributed by atoms with Gasteiger partial charge in [-0.1, -0.05) is 37.0 Å². The van der Waals surface area contributed by atoms with E-state index in [0.29, 0.717) is 30.8 Å². The first-order valence-electron chi connectivity index (χ1n) is 10.6. The molecule has 1 aromatic rings. The Morgan fingerprint density at radius 2 is 1.84 bits per heavy atom. The summed E-state index contributed by atoms with van der Waals surface area (Å²) in [7, 11) is -3.82. The quantitative estimate of drug-likeness (QED) is 0.645. The van der Waals surface area contributed by atoms with Crippen LogP contribution < -0.4 is 5.32 Å². The number of sulfonamides is 1. The van der Waals surface area contributed by atoms with Crippen LogP contribution in [0.4, 0.5) is 0 Å². The Balaban J connectivity index is 1.50. The van der Waals surface area contributed by atoms with Gasteiger partial charge in [0.1, 0.15) is 4.90 Å². The number of Topliss-reactive ketones (excluding diaryl/α,β-unsaturated/α-hetero) is 1. The number of halogens is 2. The molecular weight excluding hydrogens is 471 g/mol. The maximum atomic E-state index is 13.3. The van der Waals surface area contributed by atoms with Gasteiger partial charge < -0.3 is 5.32 Å². The van der Waals surface area contributed by atoms with Gasteiger partial charge in [-0.05, 0) is 42.9 Å². The van der Waals surface area contributed by atoms with E-state index < -0.39 is 15.4 Å². The summed E-state index contributed by atoms with van der Waals surface area (Å²) in [5, 5.41) is 12.3. The second-order valence-electron chi connectivity index (χ2n) is 9.71. The van der Waals surface area contributed by atoms with Crippen LogP contribution in [-0.2, 0) is 14.8 Å². The lowest BCUT2D eigenvalue weighted by Gasteiger charge is -2.48. The Kier molecular flexibility index (Phi) is 5.09. The number of azo groups is 1. The van der Waals surface area contributed by atoms with Gasteiger partial charge >= 0.3 is 0 Å². The third kappa shape index (κ3) is 3.34. The Morgan fingerprint density at radius 3 is 2.56 bits per heavy atom. The number of benzene rings is 1. The van der Waals surface area contributed by atoms with E-state index in [9.17, 15) is 13.2 Å². The molecule has 1 spiro atoms. The molecule has 1 fully saturated rings. The van der Waals surface area contributed by atoms with Gasteiger partial charge in [-0.2, -0.15) is 9.42 Å². The number of nitrogens with zero attached hydrogens (tertiary/aromatic N) is 3. The summed E-state index contributed by atoms with van der Waals surface area (Å²) >= 11 is 12.2. The lowest BCUT2D eigenvalue weighted by atomic mass is 9.60. The van der Waals surface area contributed by atoms with E-state index in [4.69, 9.17) is 23.2 Å². The zero-order chi connectivity index (χ0) is 22.9. The molecule has 7 nitrogen and oxygen atoms in total. The van der Waals surface area contributed by atoms with Crippen LogP contribution in [0.1, 0.15) is 39.5 Å². The summed E-state index contributed by atoms with van der Waals surface area (Å²) < 4.78 is 28.1. The van der Waals surface area contributed by atoms with Gasteiger partial charge in [-0.15, -0.1) is 5.11 Å². The van der Waals surface area contributed by atoms with Crippen LogP contribution in [0.5, 0.6) is 0 Å². The van der Waals surface area contributed by atoms with Gasteiger partial charge in [0.15, 0.2) is 11.6 Å². The molecule has 5 rings (SSSR count). The topological polar surface area (TPSA) is 91.2 Å². The molecule has 3 heterocycles. The van der Waals surface area contributed by atoms with Gasteiger partial charge in [0, 0.05) is 46.8 Å². The number of ketones is 1. The number of hydrogen-bond acceptors (Lipinski definition) is 6. The number of dihydropyridines is 1. The van der Waals surface area contributed by atoms with Crippen LogP contribution in [0.25, 0.3) is 0 Å². The molecule has 0 saturated carbocycles. The molecule has 3 aliphatic heterocycles. The number of fused-ring (bicyclic) bond motifs is 2. The van der Waals surface area contributed by atoms with Gasteiger partial charge in [-0.3, -0.25) is 4.79 Å². The van der Waals surface area contributed by atoms with Crippen molar-refractivity contribution in [3.63, 3.8) is 0 Å². The fraction of sp³-hybridized carbons (Fsp3) is 0.500. The predicted octanol–water partition coefficient (Wildman–Crippen LogP) is 4.69. The van der Waals surface area contributed by atoms with Crippen molar-refractivity contribution in [3.05, 3.63) is 50.9 Å². The monoisotopic (exact) mass is 494 g/mol. The molecule has 170 valence electrons. The molecule has 0 unspecified atom stereocenters. The third-order valence-electron chi connectivity index (χ3n) is 6.97. The summed E-state index contributed by atoms with van der Waals surface area (Å²) in [6, 6.07) is 4.44. The van der Waals surface area contributed by atoms with E-state index in [1.165, 1.54) is 16.4 Å². The molecular formula is C22H24Cl2N4O3S. The summed E-state index contributed by atoms with van der Waals surface area (Å²) in [5.41, 5.74) is 2.06. The Bertz CT molecular complexity index is 1230. The number of allylic oxidation sites excluding steroid dienone is 2. The smallest absolute Gasteiger partial charge is 0.244 e. The van der Waals surface area contributed by atoms with E-state index in [-0.39, 0.29) is 34.2 Å². The van der Waals surface area contributed by atoms with Crippen molar-refractivity contribution < 1.29 is 13.2 Å².